The summed E-state index contributed by atoms with van der Waals surface area (Å²) >= 11 is 0. The van der Waals surface area contributed by atoms with E-state index in [1.807, 2.05) is 0 Å². The van der Waals surface area contributed by atoms with Crippen LogP contribution in [0.1, 0.15) is 40.5 Å². The zero-order chi connectivity index (χ0) is 17.3. The summed E-state index contributed by atoms with van der Waals surface area (Å²) < 4.78 is 68.8. The van der Waals surface area contributed by atoms with Gasteiger partial charge in [-0.05, 0) is 39.5 Å². The SMILES string of the molecule is C[C@H]1CCC(OS(=O)(=O)C(F)(F)F)N(C(=O)OC(C)(C)C)C1. The van der Waals surface area contributed by atoms with E-state index in [0.29, 0.717) is 6.42 Å². The van der Waals surface area contributed by atoms with E-state index in [-0.39, 0.29) is 18.9 Å². The van der Waals surface area contributed by atoms with Crippen LogP contribution in [-0.4, -0.2) is 43.3 Å². The third-order valence-electron chi connectivity index (χ3n) is 2.91. The lowest BCUT2D eigenvalue weighted by molar-refractivity contribution is -0.0779. The Morgan fingerprint density at radius 3 is 2.18 bits per heavy atom. The quantitative estimate of drug-likeness (QED) is 0.567. The third-order valence-corrected chi connectivity index (χ3v) is 3.95. The molecule has 1 fully saturated rings. The summed E-state index contributed by atoms with van der Waals surface area (Å²) in [6.45, 7) is 6.65. The minimum Gasteiger partial charge on any atom is -0.444 e. The van der Waals surface area contributed by atoms with Crippen molar-refractivity contribution in [2.24, 2.45) is 5.92 Å². The van der Waals surface area contributed by atoms with E-state index >= 15 is 0 Å². The van der Waals surface area contributed by atoms with Crippen molar-refractivity contribution in [1.29, 1.82) is 0 Å². The predicted octanol–water partition coefficient (Wildman–Crippen LogP) is 2.85. The van der Waals surface area contributed by atoms with Crippen molar-refractivity contribution >= 4 is 16.2 Å². The fourth-order valence-electron chi connectivity index (χ4n) is 1.94. The minimum absolute atomic E-state index is 0.000888. The summed E-state index contributed by atoms with van der Waals surface area (Å²) in [5.74, 6) is 0.000888. The second-order valence-corrected chi connectivity index (χ2v) is 7.83. The molecule has 1 unspecified atom stereocenters. The first-order valence-electron chi connectivity index (χ1n) is 6.72. The highest BCUT2D eigenvalue weighted by molar-refractivity contribution is 7.87. The molecular weight excluding hydrogens is 327 g/mol. The van der Waals surface area contributed by atoms with Gasteiger partial charge in [-0.25, -0.2) is 8.98 Å². The fourth-order valence-corrected chi connectivity index (χ4v) is 2.54. The molecule has 6 nitrogen and oxygen atoms in total. The van der Waals surface area contributed by atoms with Gasteiger partial charge in [0.2, 0.25) is 0 Å². The molecule has 0 spiro atoms. The van der Waals surface area contributed by atoms with Gasteiger partial charge in [0, 0.05) is 6.54 Å². The molecule has 22 heavy (non-hydrogen) atoms. The van der Waals surface area contributed by atoms with Gasteiger partial charge >= 0.3 is 21.7 Å². The molecule has 10 heteroatoms. The molecule has 2 atom stereocenters. The maximum Gasteiger partial charge on any atom is 0.523 e. The van der Waals surface area contributed by atoms with Crippen molar-refractivity contribution in [2.75, 3.05) is 6.54 Å². The molecule has 1 amide bonds. The van der Waals surface area contributed by atoms with Crippen LogP contribution in [0.4, 0.5) is 18.0 Å². The lowest BCUT2D eigenvalue weighted by Crippen LogP contribution is -2.51. The normalized spacial score (nSPS) is 24.2. The molecule has 0 saturated carbocycles. The van der Waals surface area contributed by atoms with Gasteiger partial charge in [-0.15, -0.1) is 0 Å². The maximum atomic E-state index is 12.4. The Balaban J connectivity index is 2.93. The van der Waals surface area contributed by atoms with Crippen molar-refractivity contribution in [3.63, 3.8) is 0 Å². The first kappa shape index (κ1) is 19.0. The van der Waals surface area contributed by atoms with Crippen LogP contribution in [0.3, 0.4) is 0 Å². The first-order valence-corrected chi connectivity index (χ1v) is 8.13. The second kappa shape index (κ2) is 6.23. The molecule has 130 valence electrons. The molecule has 1 rings (SSSR count). The number of rotatable bonds is 2. The van der Waals surface area contributed by atoms with Crippen molar-refractivity contribution in [3.8, 4) is 0 Å². The number of halogens is 3. The second-order valence-electron chi connectivity index (χ2n) is 6.27. The fraction of sp³-hybridized carbons (Fsp3) is 0.917. The van der Waals surface area contributed by atoms with Crippen LogP contribution in [0.15, 0.2) is 0 Å². The van der Waals surface area contributed by atoms with Gasteiger partial charge in [0.15, 0.2) is 6.23 Å². The van der Waals surface area contributed by atoms with Gasteiger partial charge < -0.3 is 4.74 Å². The average Bonchev–Trinajstić information content (AvgIpc) is 2.27. The molecule has 0 bridgehead atoms. The molecule has 0 aromatic carbocycles. The van der Waals surface area contributed by atoms with E-state index in [0.717, 1.165) is 4.90 Å². The Bertz CT molecular complexity index is 512. The number of amides is 1. The van der Waals surface area contributed by atoms with Crippen LogP contribution >= 0.6 is 0 Å². The maximum absolute atomic E-state index is 12.4. The van der Waals surface area contributed by atoms with Crippen LogP contribution in [0.5, 0.6) is 0 Å². The number of piperidine rings is 1. The largest absolute Gasteiger partial charge is 0.523 e. The van der Waals surface area contributed by atoms with Crippen LogP contribution in [0.2, 0.25) is 0 Å². The lowest BCUT2D eigenvalue weighted by atomic mass is 9.99. The van der Waals surface area contributed by atoms with E-state index in [9.17, 15) is 26.4 Å². The van der Waals surface area contributed by atoms with Gasteiger partial charge in [0.1, 0.15) is 5.60 Å². The van der Waals surface area contributed by atoms with Crippen molar-refractivity contribution < 1.29 is 35.3 Å². The molecular formula is C12H20F3NO5S. The number of likely N-dealkylation sites (tertiary alicyclic amines) is 1. The number of carbonyl (C=O) groups is 1. The Hall–Kier alpha value is -1.03. The topological polar surface area (TPSA) is 72.9 Å². The number of hydrogen-bond acceptors (Lipinski definition) is 5. The summed E-state index contributed by atoms with van der Waals surface area (Å²) in [6, 6.07) is 0. The highest BCUT2D eigenvalue weighted by Gasteiger charge is 2.50. The van der Waals surface area contributed by atoms with Crippen LogP contribution < -0.4 is 0 Å². The summed E-state index contributed by atoms with van der Waals surface area (Å²) in [5.41, 5.74) is -6.39. The summed E-state index contributed by atoms with van der Waals surface area (Å²) in [5, 5.41) is 0. The number of ether oxygens (including phenoxy) is 1. The van der Waals surface area contributed by atoms with Gasteiger partial charge in [-0.1, -0.05) is 6.92 Å². The molecule has 0 radical (unpaired) electrons. The van der Waals surface area contributed by atoms with Crippen molar-refractivity contribution in [2.45, 2.75) is 57.9 Å². The summed E-state index contributed by atoms with van der Waals surface area (Å²) in [4.78, 5) is 12.9. The molecule has 0 N–H and O–H groups in total. The molecule has 0 aromatic rings. The zero-order valence-corrected chi connectivity index (χ0v) is 13.6. The molecule has 0 aliphatic carbocycles. The monoisotopic (exact) mass is 347 g/mol. The third kappa shape index (κ3) is 5.01. The van der Waals surface area contributed by atoms with Gasteiger partial charge in [-0.2, -0.15) is 21.6 Å². The van der Waals surface area contributed by atoms with E-state index in [1.54, 1.807) is 27.7 Å². The van der Waals surface area contributed by atoms with Crippen LogP contribution in [0.25, 0.3) is 0 Å². The summed E-state index contributed by atoms with van der Waals surface area (Å²) in [6.07, 6.45) is -1.99. The number of carbonyl (C=O) groups excluding carboxylic acids is 1. The van der Waals surface area contributed by atoms with Crippen LogP contribution in [0, 0.1) is 5.92 Å². The van der Waals surface area contributed by atoms with Gasteiger partial charge in [0.25, 0.3) is 0 Å². The predicted molar refractivity (Wildman–Crippen MR) is 71.2 cm³/mol. The number of nitrogens with zero attached hydrogens (tertiary/aromatic N) is 1. The summed E-state index contributed by atoms with van der Waals surface area (Å²) in [7, 11) is -5.77. The highest BCUT2D eigenvalue weighted by atomic mass is 32.2. The molecule has 1 saturated heterocycles. The van der Waals surface area contributed by atoms with E-state index in [1.165, 1.54) is 0 Å². The van der Waals surface area contributed by atoms with Crippen molar-refractivity contribution in [1.82, 2.24) is 4.90 Å². The Morgan fingerprint density at radius 2 is 1.73 bits per heavy atom. The van der Waals surface area contributed by atoms with Gasteiger partial charge in [0.05, 0.1) is 0 Å². The lowest BCUT2D eigenvalue weighted by Gasteiger charge is -2.38. The van der Waals surface area contributed by atoms with Crippen molar-refractivity contribution in [3.05, 3.63) is 0 Å². The average molecular weight is 347 g/mol. The molecule has 1 aliphatic heterocycles. The molecule has 0 aromatic heterocycles. The first-order chi connectivity index (χ1) is 9.73. The Labute approximate surface area is 127 Å². The standard InChI is InChI=1S/C12H20F3NO5S/c1-8-5-6-9(21-22(18,19)12(13,14)15)16(7-8)10(17)20-11(2,3)4/h8-9H,5-7H2,1-4H3/t8-,9?/m0/s1. The van der Waals surface area contributed by atoms with E-state index in [2.05, 4.69) is 4.18 Å². The Kier molecular flexibility index (Phi) is 5.38. The zero-order valence-electron chi connectivity index (χ0n) is 12.8. The smallest absolute Gasteiger partial charge is 0.444 e. The van der Waals surface area contributed by atoms with Gasteiger partial charge in [-0.3, -0.25) is 4.90 Å². The minimum atomic E-state index is -5.77. The molecule has 1 heterocycles. The van der Waals surface area contributed by atoms with E-state index in [4.69, 9.17) is 4.74 Å². The van der Waals surface area contributed by atoms with Crippen LogP contribution in [-0.2, 0) is 19.0 Å². The molecule has 1 aliphatic rings. The highest BCUT2D eigenvalue weighted by Crippen LogP contribution is 2.31. The number of alkyl halides is 3. The number of hydrogen-bond donors (Lipinski definition) is 0. The van der Waals surface area contributed by atoms with E-state index < -0.39 is 33.5 Å². The Morgan fingerprint density at radius 1 is 1.18 bits per heavy atom.